The Morgan fingerprint density at radius 2 is 2.00 bits per heavy atom. The topological polar surface area (TPSA) is 60.1 Å². The van der Waals surface area contributed by atoms with Crippen molar-refractivity contribution in [3.63, 3.8) is 0 Å². The third-order valence-corrected chi connectivity index (χ3v) is 4.36. The van der Waals surface area contributed by atoms with Crippen LogP contribution in [0.2, 0.25) is 0 Å². The molecule has 0 aliphatic heterocycles. The fraction of sp³-hybridized carbons (Fsp3) is 0.600. The van der Waals surface area contributed by atoms with Crippen LogP contribution in [0.1, 0.15) is 53.9 Å². The van der Waals surface area contributed by atoms with E-state index in [9.17, 15) is 4.79 Å². The van der Waals surface area contributed by atoms with E-state index >= 15 is 0 Å². The first kappa shape index (κ1) is 13.2. The molecule has 0 saturated heterocycles. The van der Waals surface area contributed by atoms with Crippen molar-refractivity contribution < 1.29 is 9.21 Å². The molecule has 108 valence electrons. The van der Waals surface area contributed by atoms with Gasteiger partial charge in [-0.15, -0.1) is 5.10 Å². The Morgan fingerprint density at radius 3 is 2.65 bits per heavy atom. The van der Waals surface area contributed by atoms with Gasteiger partial charge < -0.3 is 9.73 Å². The van der Waals surface area contributed by atoms with Gasteiger partial charge in [-0.05, 0) is 26.7 Å². The molecule has 3 rings (SSSR count). The van der Waals surface area contributed by atoms with Crippen LogP contribution in [-0.2, 0) is 7.05 Å². The molecule has 2 heterocycles. The average molecular weight is 275 g/mol. The van der Waals surface area contributed by atoms with Gasteiger partial charge in [-0.25, -0.2) is 0 Å². The smallest absolute Gasteiger partial charge is 0.287 e. The number of carbonyl (C=O) groups excluding carboxylic acids is 1. The number of nitrogens with one attached hydrogen (secondary N) is 1. The van der Waals surface area contributed by atoms with Crippen LogP contribution in [-0.4, -0.2) is 21.7 Å². The van der Waals surface area contributed by atoms with Gasteiger partial charge >= 0.3 is 0 Å². The molecule has 0 atom stereocenters. The van der Waals surface area contributed by atoms with E-state index in [0.717, 1.165) is 29.5 Å². The van der Waals surface area contributed by atoms with Crippen molar-refractivity contribution in [2.45, 2.75) is 52.0 Å². The first-order valence-corrected chi connectivity index (χ1v) is 7.31. The van der Waals surface area contributed by atoms with Gasteiger partial charge in [0.05, 0.1) is 5.39 Å². The fourth-order valence-electron chi connectivity index (χ4n) is 3.08. The Hall–Kier alpha value is -1.78. The third kappa shape index (κ3) is 2.11. The molecule has 0 radical (unpaired) electrons. The predicted molar refractivity (Wildman–Crippen MR) is 76.8 cm³/mol. The molecule has 0 spiro atoms. The summed E-state index contributed by atoms with van der Waals surface area (Å²) in [7, 11) is 1.88. The summed E-state index contributed by atoms with van der Waals surface area (Å²) in [4.78, 5) is 12.4. The highest BCUT2D eigenvalue weighted by Crippen LogP contribution is 2.27. The van der Waals surface area contributed by atoms with Gasteiger partial charge in [0, 0.05) is 24.3 Å². The number of aromatic nitrogens is 2. The number of furan rings is 1. The summed E-state index contributed by atoms with van der Waals surface area (Å²) in [5, 5.41) is 8.35. The van der Waals surface area contributed by atoms with Crippen molar-refractivity contribution >= 4 is 17.0 Å². The quantitative estimate of drug-likeness (QED) is 0.916. The summed E-state index contributed by atoms with van der Waals surface area (Å²) in [5.41, 5.74) is 2.47. The van der Waals surface area contributed by atoms with E-state index in [1.165, 1.54) is 19.3 Å². The van der Waals surface area contributed by atoms with Gasteiger partial charge in [-0.2, -0.15) is 0 Å². The summed E-state index contributed by atoms with van der Waals surface area (Å²) >= 11 is 0. The lowest BCUT2D eigenvalue weighted by atomic mass is 9.95. The van der Waals surface area contributed by atoms with Crippen LogP contribution in [0, 0.1) is 13.8 Å². The molecule has 0 aromatic carbocycles. The van der Waals surface area contributed by atoms with E-state index in [-0.39, 0.29) is 5.91 Å². The van der Waals surface area contributed by atoms with Gasteiger partial charge in [-0.1, -0.05) is 19.3 Å². The maximum absolute atomic E-state index is 12.4. The minimum Gasteiger partial charge on any atom is -0.431 e. The van der Waals surface area contributed by atoms with Gasteiger partial charge in [-0.3, -0.25) is 9.48 Å². The number of nitrogens with zero attached hydrogens (tertiary/aromatic N) is 2. The second-order valence-corrected chi connectivity index (χ2v) is 5.75. The largest absolute Gasteiger partial charge is 0.431 e. The summed E-state index contributed by atoms with van der Waals surface area (Å²) in [6.07, 6.45) is 5.82. The summed E-state index contributed by atoms with van der Waals surface area (Å²) in [5.74, 6) is 0.311. The first-order valence-electron chi connectivity index (χ1n) is 7.31. The Balaban J connectivity index is 1.86. The number of fused-ring (bicyclic) bond motifs is 1. The number of hydrogen-bond acceptors (Lipinski definition) is 3. The SMILES string of the molecule is Cc1c(C(=O)NC2CCCCC2)oc2nn(C)c(C)c12. The number of carbonyl (C=O) groups is 1. The van der Waals surface area contributed by atoms with Crippen molar-refractivity contribution in [2.24, 2.45) is 7.05 Å². The van der Waals surface area contributed by atoms with Gasteiger partial charge in [0.15, 0.2) is 5.76 Å². The minimum absolute atomic E-state index is 0.102. The van der Waals surface area contributed by atoms with Crippen molar-refractivity contribution in [2.75, 3.05) is 0 Å². The standard InChI is InChI=1S/C15H21N3O2/c1-9-12-10(2)18(3)17-15(12)20-13(9)14(19)16-11-7-5-4-6-8-11/h11H,4-8H2,1-3H3,(H,16,19). The normalized spacial score (nSPS) is 16.8. The average Bonchev–Trinajstić information content (AvgIpc) is 2.89. The van der Waals surface area contributed by atoms with Crippen molar-refractivity contribution in [3.8, 4) is 0 Å². The summed E-state index contributed by atoms with van der Waals surface area (Å²) in [6.45, 7) is 3.91. The van der Waals surface area contributed by atoms with E-state index in [0.29, 0.717) is 17.5 Å². The van der Waals surface area contributed by atoms with Crippen molar-refractivity contribution in [3.05, 3.63) is 17.0 Å². The molecule has 0 bridgehead atoms. The van der Waals surface area contributed by atoms with Crippen molar-refractivity contribution in [1.82, 2.24) is 15.1 Å². The number of rotatable bonds is 2. The lowest BCUT2D eigenvalue weighted by Gasteiger charge is -2.22. The van der Waals surface area contributed by atoms with Crippen LogP contribution in [0.15, 0.2) is 4.42 Å². The zero-order valence-electron chi connectivity index (χ0n) is 12.3. The number of amides is 1. The first-order chi connectivity index (χ1) is 9.58. The Morgan fingerprint density at radius 1 is 1.30 bits per heavy atom. The van der Waals surface area contributed by atoms with Crippen LogP contribution < -0.4 is 5.32 Å². The van der Waals surface area contributed by atoms with E-state index in [4.69, 9.17) is 4.42 Å². The molecule has 0 unspecified atom stereocenters. The molecule has 1 amide bonds. The molecule has 1 N–H and O–H groups in total. The van der Waals surface area contributed by atoms with Gasteiger partial charge in [0.1, 0.15) is 0 Å². The zero-order valence-corrected chi connectivity index (χ0v) is 12.3. The third-order valence-electron chi connectivity index (χ3n) is 4.36. The van der Waals surface area contributed by atoms with Crippen LogP contribution in [0.5, 0.6) is 0 Å². The minimum atomic E-state index is -0.102. The molecule has 5 nitrogen and oxygen atoms in total. The molecule has 1 fully saturated rings. The van der Waals surface area contributed by atoms with Crippen LogP contribution in [0.25, 0.3) is 11.1 Å². The molecule has 20 heavy (non-hydrogen) atoms. The molecule has 2 aromatic heterocycles. The summed E-state index contributed by atoms with van der Waals surface area (Å²) < 4.78 is 7.44. The Kier molecular flexibility index (Phi) is 3.28. The maximum atomic E-state index is 12.4. The van der Waals surface area contributed by atoms with E-state index < -0.39 is 0 Å². The Bertz CT molecular complexity index is 648. The second-order valence-electron chi connectivity index (χ2n) is 5.75. The second kappa shape index (κ2) is 4.96. The summed E-state index contributed by atoms with van der Waals surface area (Å²) in [6, 6.07) is 0.292. The van der Waals surface area contributed by atoms with Crippen LogP contribution >= 0.6 is 0 Å². The van der Waals surface area contributed by atoms with Crippen LogP contribution in [0.3, 0.4) is 0 Å². The lowest BCUT2D eigenvalue weighted by molar-refractivity contribution is 0.0900. The van der Waals surface area contributed by atoms with E-state index in [1.54, 1.807) is 4.68 Å². The number of aryl methyl sites for hydroxylation is 3. The zero-order chi connectivity index (χ0) is 14.3. The van der Waals surface area contributed by atoms with Gasteiger partial charge in [0.25, 0.3) is 5.91 Å². The monoisotopic (exact) mass is 275 g/mol. The van der Waals surface area contributed by atoms with E-state index in [1.807, 2.05) is 20.9 Å². The van der Waals surface area contributed by atoms with Crippen molar-refractivity contribution in [1.29, 1.82) is 0 Å². The molecular formula is C15H21N3O2. The molecule has 1 aliphatic carbocycles. The molecule has 2 aromatic rings. The molecule has 5 heteroatoms. The fourth-order valence-corrected chi connectivity index (χ4v) is 3.08. The lowest BCUT2D eigenvalue weighted by Crippen LogP contribution is -2.36. The number of hydrogen-bond donors (Lipinski definition) is 1. The molecular weight excluding hydrogens is 254 g/mol. The molecule has 1 saturated carbocycles. The van der Waals surface area contributed by atoms with Crippen LogP contribution in [0.4, 0.5) is 0 Å². The Labute approximate surface area is 118 Å². The highest BCUT2D eigenvalue weighted by atomic mass is 16.4. The highest BCUT2D eigenvalue weighted by Gasteiger charge is 2.24. The molecule has 1 aliphatic rings. The van der Waals surface area contributed by atoms with Gasteiger partial charge in [0.2, 0.25) is 5.71 Å². The maximum Gasteiger partial charge on any atom is 0.287 e. The highest BCUT2D eigenvalue weighted by molar-refractivity contribution is 5.99. The van der Waals surface area contributed by atoms with E-state index in [2.05, 4.69) is 10.4 Å². The predicted octanol–water partition coefficient (Wildman–Crippen LogP) is 2.85.